The normalized spacial score (nSPS) is 11.7. The summed E-state index contributed by atoms with van der Waals surface area (Å²) >= 11 is 0. The van der Waals surface area contributed by atoms with E-state index in [-0.39, 0.29) is 17.0 Å². The number of methoxy groups -OCH3 is 1. The first-order chi connectivity index (χ1) is 11.0. The van der Waals surface area contributed by atoms with E-state index < -0.39 is 15.8 Å². The highest BCUT2D eigenvalue weighted by atomic mass is 32.2. The Hall–Kier alpha value is -2.58. The number of fused-ring (bicyclic) bond motifs is 1. The summed E-state index contributed by atoms with van der Waals surface area (Å²) in [5.74, 6) is 0.0743. The summed E-state index contributed by atoms with van der Waals surface area (Å²) in [7, 11) is -2.15. The average molecular weight is 334 g/mol. The van der Waals surface area contributed by atoms with E-state index in [4.69, 9.17) is 9.15 Å². The van der Waals surface area contributed by atoms with Gasteiger partial charge >= 0.3 is 5.76 Å². The van der Waals surface area contributed by atoms with Crippen LogP contribution < -0.4 is 15.2 Å². The van der Waals surface area contributed by atoms with Crippen molar-refractivity contribution in [3.8, 4) is 5.75 Å². The fourth-order valence-corrected chi connectivity index (χ4v) is 3.13. The van der Waals surface area contributed by atoms with E-state index in [1.807, 2.05) is 0 Å². The Balaban J connectivity index is 1.80. The number of benzene rings is 2. The first kappa shape index (κ1) is 15.3. The fraction of sp³-hybridized carbons (Fsp3) is 0.133. The Bertz CT molecular complexity index is 987. The molecular weight excluding hydrogens is 320 g/mol. The van der Waals surface area contributed by atoms with Crippen molar-refractivity contribution >= 4 is 21.1 Å². The molecule has 0 radical (unpaired) electrons. The molecular formula is C15H14N2O5S. The fourth-order valence-electron chi connectivity index (χ4n) is 2.10. The van der Waals surface area contributed by atoms with E-state index in [9.17, 15) is 13.2 Å². The van der Waals surface area contributed by atoms with Crippen molar-refractivity contribution in [1.29, 1.82) is 0 Å². The Morgan fingerprint density at radius 1 is 1.17 bits per heavy atom. The maximum absolute atomic E-state index is 12.3. The molecule has 3 aromatic rings. The molecule has 3 rings (SSSR count). The van der Waals surface area contributed by atoms with Crippen LogP contribution in [0.4, 0.5) is 0 Å². The van der Waals surface area contributed by atoms with Gasteiger partial charge in [-0.15, -0.1) is 0 Å². The van der Waals surface area contributed by atoms with Crippen LogP contribution in [0.2, 0.25) is 0 Å². The lowest BCUT2D eigenvalue weighted by molar-refractivity contribution is 0.414. The topological polar surface area (TPSA) is 101 Å². The highest BCUT2D eigenvalue weighted by Crippen LogP contribution is 2.17. The minimum atomic E-state index is -3.71. The van der Waals surface area contributed by atoms with Crippen LogP contribution in [-0.2, 0) is 16.6 Å². The molecule has 8 heteroatoms. The van der Waals surface area contributed by atoms with Gasteiger partial charge in [0.2, 0.25) is 10.0 Å². The van der Waals surface area contributed by atoms with Crippen LogP contribution in [0.1, 0.15) is 5.56 Å². The van der Waals surface area contributed by atoms with Crippen LogP contribution in [0.5, 0.6) is 5.75 Å². The average Bonchev–Trinajstić information content (AvgIpc) is 2.92. The Labute approximate surface area is 131 Å². The SMILES string of the molecule is COc1ccc(CNS(=O)(=O)c2ccc3[nH]c(=O)oc3c2)cc1. The van der Waals surface area contributed by atoms with Crippen molar-refractivity contribution in [2.24, 2.45) is 0 Å². The number of sulfonamides is 1. The third-order valence-electron chi connectivity index (χ3n) is 3.33. The summed E-state index contributed by atoms with van der Waals surface area (Å²) in [4.78, 5) is 13.6. The lowest BCUT2D eigenvalue weighted by atomic mass is 10.2. The monoisotopic (exact) mass is 334 g/mol. The van der Waals surface area contributed by atoms with Crippen LogP contribution in [0.25, 0.3) is 11.1 Å². The van der Waals surface area contributed by atoms with E-state index in [2.05, 4.69) is 9.71 Å². The van der Waals surface area contributed by atoms with Crippen molar-refractivity contribution < 1.29 is 17.6 Å². The lowest BCUT2D eigenvalue weighted by Crippen LogP contribution is -2.23. The van der Waals surface area contributed by atoms with E-state index in [0.717, 1.165) is 5.56 Å². The molecule has 2 N–H and O–H groups in total. The van der Waals surface area contributed by atoms with E-state index in [1.54, 1.807) is 31.4 Å². The largest absolute Gasteiger partial charge is 0.497 e. The van der Waals surface area contributed by atoms with Crippen LogP contribution in [0, 0.1) is 0 Å². The predicted molar refractivity (Wildman–Crippen MR) is 83.9 cm³/mol. The van der Waals surface area contributed by atoms with Crippen molar-refractivity contribution in [1.82, 2.24) is 9.71 Å². The van der Waals surface area contributed by atoms with Crippen LogP contribution in [-0.4, -0.2) is 20.5 Å². The van der Waals surface area contributed by atoms with E-state index in [1.165, 1.54) is 18.2 Å². The van der Waals surface area contributed by atoms with Gasteiger partial charge in [-0.3, -0.25) is 4.98 Å². The van der Waals surface area contributed by atoms with Crippen LogP contribution >= 0.6 is 0 Å². The summed E-state index contributed by atoms with van der Waals surface area (Å²) in [5.41, 5.74) is 1.44. The molecule has 0 saturated carbocycles. The molecule has 7 nitrogen and oxygen atoms in total. The Morgan fingerprint density at radius 2 is 1.91 bits per heavy atom. The second-order valence-electron chi connectivity index (χ2n) is 4.85. The van der Waals surface area contributed by atoms with Gasteiger partial charge in [-0.2, -0.15) is 0 Å². The van der Waals surface area contributed by atoms with E-state index in [0.29, 0.717) is 11.3 Å². The highest BCUT2D eigenvalue weighted by Gasteiger charge is 2.15. The third kappa shape index (κ3) is 3.27. The molecule has 23 heavy (non-hydrogen) atoms. The molecule has 1 aromatic heterocycles. The van der Waals surface area contributed by atoms with Gasteiger partial charge in [-0.1, -0.05) is 12.1 Å². The minimum absolute atomic E-state index is 0.0289. The Morgan fingerprint density at radius 3 is 2.61 bits per heavy atom. The molecule has 0 aliphatic carbocycles. The molecule has 0 fully saturated rings. The number of aromatic amines is 1. The summed E-state index contributed by atoms with van der Waals surface area (Å²) in [5, 5.41) is 0. The molecule has 0 atom stereocenters. The number of hydrogen-bond donors (Lipinski definition) is 2. The molecule has 0 saturated heterocycles. The standard InChI is InChI=1S/C15H14N2O5S/c1-21-11-4-2-10(3-5-11)9-16-23(19,20)12-6-7-13-14(8-12)22-15(18)17-13/h2-8,16H,9H2,1H3,(H,17,18). The van der Waals surface area contributed by atoms with Crippen molar-refractivity contribution in [2.75, 3.05) is 7.11 Å². The van der Waals surface area contributed by atoms with Gasteiger partial charge in [0, 0.05) is 12.6 Å². The molecule has 0 aliphatic rings. The van der Waals surface area contributed by atoms with Gasteiger partial charge in [0.05, 0.1) is 17.5 Å². The highest BCUT2D eigenvalue weighted by molar-refractivity contribution is 7.89. The van der Waals surface area contributed by atoms with Crippen molar-refractivity contribution in [2.45, 2.75) is 11.4 Å². The van der Waals surface area contributed by atoms with Gasteiger partial charge in [0.1, 0.15) is 5.75 Å². The first-order valence-corrected chi connectivity index (χ1v) is 8.22. The van der Waals surface area contributed by atoms with Gasteiger partial charge in [-0.25, -0.2) is 17.9 Å². The van der Waals surface area contributed by atoms with Crippen molar-refractivity contribution in [3.05, 3.63) is 58.6 Å². The first-order valence-electron chi connectivity index (χ1n) is 6.73. The Kier molecular flexibility index (Phi) is 3.93. The molecule has 0 unspecified atom stereocenters. The van der Waals surface area contributed by atoms with Gasteiger partial charge in [-0.05, 0) is 29.8 Å². The smallest absolute Gasteiger partial charge is 0.417 e. The van der Waals surface area contributed by atoms with Crippen LogP contribution in [0.15, 0.2) is 56.6 Å². The lowest BCUT2D eigenvalue weighted by Gasteiger charge is -2.07. The van der Waals surface area contributed by atoms with Gasteiger partial charge < -0.3 is 9.15 Å². The number of aromatic nitrogens is 1. The minimum Gasteiger partial charge on any atom is -0.497 e. The number of nitrogens with one attached hydrogen (secondary N) is 2. The maximum Gasteiger partial charge on any atom is 0.417 e. The second-order valence-corrected chi connectivity index (χ2v) is 6.61. The molecule has 0 amide bonds. The summed E-state index contributed by atoms with van der Waals surface area (Å²) in [6.07, 6.45) is 0. The zero-order valence-electron chi connectivity index (χ0n) is 12.2. The number of rotatable bonds is 5. The van der Waals surface area contributed by atoms with Crippen molar-refractivity contribution in [3.63, 3.8) is 0 Å². The quantitative estimate of drug-likeness (QED) is 0.738. The van der Waals surface area contributed by atoms with Gasteiger partial charge in [0.15, 0.2) is 5.58 Å². The molecule has 1 heterocycles. The second kappa shape index (κ2) is 5.90. The molecule has 0 aliphatic heterocycles. The number of hydrogen-bond acceptors (Lipinski definition) is 5. The summed E-state index contributed by atoms with van der Waals surface area (Å²) < 4.78 is 37.1. The summed E-state index contributed by atoms with van der Waals surface area (Å²) in [6.45, 7) is 0.140. The molecule has 2 aromatic carbocycles. The summed E-state index contributed by atoms with van der Waals surface area (Å²) in [6, 6.07) is 11.3. The third-order valence-corrected chi connectivity index (χ3v) is 4.73. The number of H-pyrrole nitrogens is 1. The molecule has 120 valence electrons. The van der Waals surface area contributed by atoms with E-state index >= 15 is 0 Å². The van der Waals surface area contributed by atoms with Crippen LogP contribution in [0.3, 0.4) is 0 Å². The zero-order chi connectivity index (χ0) is 16.4. The molecule has 0 spiro atoms. The maximum atomic E-state index is 12.3. The van der Waals surface area contributed by atoms with Gasteiger partial charge in [0.25, 0.3) is 0 Å². The number of ether oxygens (including phenoxy) is 1. The predicted octanol–water partition coefficient (Wildman–Crippen LogP) is 1.61. The zero-order valence-corrected chi connectivity index (χ0v) is 13.0. The molecule has 0 bridgehead atoms. The number of oxazole rings is 1.